The van der Waals surface area contributed by atoms with E-state index in [9.17, 15) is 0 Å². The molecule has 2 atom stereocenters. The highest BCUT2D eigenvalue weighted by Crippen LogP contribution is 2.38. The third kappa shape index (κ3) is 1.64. The van der Waals surface area contributed by atoms with E-state index in [-0.39, 0.29) is 0 Å². The van der Waals surface area contributed by atoms with Crippen molar-refractivity contribution in [2.75, 3.05) is 11.4 Å². The van der Waals surface area contributed by atoms with E-state index in [0.717, 1.165) is 12.0 Å². The summed E-state index contributed by atoms with van der Waals surface area (Å²) in [7, 11) is 0. The van der Waals surface area contributed by atoms with Gasteiger partial charge in [-0.15, -0.1) is 0 Å². The van der Waals surface area contributed by atoms with Gasteiger partial charge in [0.2, 0.25) is 0 Å². The molecule has 1 aliphatic carbocycles. The maximum Gasteiger partial charge on any atom is 0.0368 e. The van der Waals surface area contributed by atoms with Crippen LogP contribution in [0.25, 0.3) is 0 Å². The Morgan fingerprint density at radius 3 is 2.60 bits per heavy atom. The van der Waals surface area contributed by atoms with Crippen molar-refractivity contribution in [3.8, 4) is 0 Å². The van der Waals surface area contributed by atoms with Gasteiger partial charge in [0.25, 0.3) is 0 Å². The Morgan fingerprint density at radius 2 is 1.73 bits per heavy atom. The molecule has 1 aromatic rings. The Kier molecular flexibility index (Phi) is 2.40. The van der Waals surface area contributed by atoms with Crippen molar-refractivity contribution in [1.29, 1.82) is 0 Å². The fourth-order valence-electron chi connectivity index (χ4n) is 3.35. The molecular weight excluding hydrogens is 182 g/mol. The molecule has 0 unspecified atom stereocenters. The van der Waals surface area contributed by atoms with E-state index in [1.54, 1.807) is 0 Å². The molecule has 1 heteroatoms. The topological polar surface area (TPSA) is 3.24 Å². The third-order valence-electron chi connectivity index (χ3n) is 4.10. The van der Waals surface area contributed by atoms with Gasteiger partial charge in [-0.25, -0.2) is 0 Å². The Hall–Kier alpha value is -0.980. The molecule has 15 heavy (non-hydrogen) atoms. The molecule has 1 saturated carbocycles. The molecule has 3 rings (SSSR count). The van der Waals surface area contributed by atoms with Crippen LogP contribution < -0.4 is 4.90 Å². The monoisotopic (exact) mass is 201 g/mol. The zero-order chi connectivity index (χ0) is 10.1. The Labute approximate surface area is 92.1 Å². The van der Waals surface area contributed by atoms with Crippen molar-refractivity contribution in [3.63, 3.8) is 0 Å². The van der Waals surface area contributed by atoms with Gasteiger partial charge in [0.15, 0.2) is 0 Å². The van der Waals surface area contributed by atoms with Crippen LogP contribution in [0.2, 0.25) is 0 Å². The zero-order valence-electron chi connectivity index (χ0n) is 9.23. The SMILES string of the molecule is c1ccc(N2CC[C@@H]3CCCC[C@@H]32)cc1. The van der Waals surface area contributed by atoms with Crippen molar-refractivity contribution in [1.82, 2.24) is 0 Å². The second-order valence-electron chi connectivity index (χ2n) is 4.93. The quantitative estimate of drug-likeness (QED) is 0.672. The average Bonchev–Trinajstić information content (AvgIpc) is 2.74. The molecule has 2 fully saturated rings. The number of nitrogens with zero attached hydrogens (tertiary/aromatic N) is 1. The van der Waals surface area contributed by atoms with Gasteiger partial charge in [-0.05, 0) is 37.3 Å². The minimum absolute atomic E-state index is 0.848. The van der Waals surface area contributed by atoms with E-state index in [0.29, 0.717) is 0 Å². The van der Waals surface area contributed by atoms with Gasteiger partial charge in [-0.3, -0.25) is 0 Å². The van der Waals surface area contributed by atoms with E-state index in [2.05, 4.69) is 35.2 Å². The maximum absolute atomic E-state index is 2.64. The van der Waals surface area contributed by atoms with Crippen LogP contribution in [0, 0.1) is 5.92 Å². The molecule has 1 aromatic carbocycles. The molecule has 1 heterocycles. The van der Waals surface area contributed by atoms with Crippen molar-refractivity contribution < 1.29 is 0 Å². The Morgan fingerprint density at radius 1 is 0.933 bits per heavy atom. The third-order valence-corrected chi connectivity index (χ3v) is 4.10. The van der Waals surface area contributed by atoms with E-state index >= 15 is 0 Å². The van der Waals surface area contributed by atoms with Crippen molar-refractivity contribution in [2.45, 2.75) is 38.1 Å². The number of para-hydroxylation sites is 1. The smallest absolute Gasteiger partial charge is 0.0368 e. The Balaban J connectivity index is 1.82. The first-order chi connectivity index (χ1) is 7.45. The van der Waals surface area contributed by atoms with Crippen molar-refractivity contribution in [3.05, 3.63) is 30.3 Å². The Bertz CT molecular complexity index is 319. The van der Waals surface area contributed by atoms with Gasteiger partial charge in [-0.2, -0.15) is 0 Å². The van der Waals surface area contributed by atoms with Crippen LogP contribution in [0.15, 0.2) is 30.3 Å². The first kappa shape index (κ1) is 9.26. The van der Waals surface area contributed by atoms with Crippen LogP contribution in [0.1, 0.15) is 32.1 Å². The fraction of sp³-hybridized carbons (Fsp3) is 0.571. The number of rotatable bonds is 1. The molecule has 0 bridgehead atoms. The molecule has 1 nitrogen and oxygen atoms in total. The summed E-state index contributed by atoms with van der Waals surface area (Å²) in [4.78, 5) is 2.64. The largest absolute Gasteiger partial charge is 0.368 e. The van der Waals surface area contributed by atoms with E-state index in [4.69, 9.17) is 0 Å². The normalized spacial score (nSPS) is 30.3. The van der Waals surface area contributed by atoms with Gasteiger partial charge in [0.1, 0.15) is 0 Å². The van der Waals surface area contributed by atoms with E-state index < -0.39 is 0 Å². The number of hydrogen-bond acceptors (Lipinski definition) is 1. The van der Waals surface area contributed by atoms with Crippen LogP contribution in [0.5, 0.6) is 0 Å². The fourth-order valence-corrected chi connectivity index (χ4v) is 3.35. The number of hydrogen-bond donors (Lipinski definition) is 0. The average molecular weight is 201 g/mol. The van der Waals surface area contributed by atoms with Crippen molar-refractivity contribution >= 4 is 5.69 Å². The van der Waals surface area contributed by atoms with Gasteiger partial charge in [-0.1, -0.05) is 31.0 Å². The summed E-state index contributed by atoms with van der Waals surface area (Å²) in [5.74, 6) is 0.985. The molecule has 0 radical (unpaired) electrons. The van der Waals surface area contributed by atoms with Crippen LogP contribution >= 0.6 is 0 Å². The maximum atomic E-state index is 2.64. The lowest BCUT2D eigenvalue weighted by Crippen LogP contribution is -2.34. The zero-order valence-corrected chi connectivity index (χ0v) is 9.23. The molecule has 80 valence electrons. The van der Waals surface area contributed by atoms with Crippen molar-refractivity contribution in [2.24, 2.45) is 5.92 Å². The predicted molar refractivity (Wildman–Crippen MR) is 64.2 cm³/mol. The molecule has 0 amide bonds. The molecule has 0 N–H and O–H groups in total. The summed E-state index contributed by atoms with van der Waals surface area (Å²) in [5, 5.41) is 0. The molecule has 2 aliphatic rings. The number of fused-ring (bicyclic) bond motifs is 1. The number of benzene rings is 1. The van der Waals surface area contributed by atoms with Gasteiger partial charge in [0.05, 0.1) is 0 Å². The van der Waals surface area contributed by atoms with Gasteiger partial charge in [0, 0.05) is 18.3 Å². The molecular formula is C14H19N. The van der Waals surface area contributed by atoms with Crippen LogP contribution in [-0.4, -0.2) is 12.6 Å². The van der Waals surface area contributed by atoms with Gasteiger partial charge >= 0.3 is 0 Å². The summed E-state index contributed by atoms with van der Waals surface area (Å²) in [6.07, 6.45) is 7.20. The highest BCUT2D eigenvalue weighted by molar-refractivity contribution is 5.48. The highest BCUT2D eigenvalue weighted by Gasteiger charge is 2.35. The van der Waals surface area contributed by atoms with Crippen LogP contribution in [0.3, 0.4) is 0 Å². The van der Waals surface area contributed by atoms with E-state index in [1.807, 2.05) is 0 Å². The second-order valence-corrected chi connectivity index (χ2v) is 4.93. The number of anilines is 1. The first-order valence-electron chi connectivity index (χ1n) is 6.27. The standard InChI is InChI=1S/C14H19N/c1-2-7-13(8-3-1)15-11-10-12-6-4-5-9-14(12)15/h1-3,7-8,12,14H,4-6,9-11H2/t12-,14-/m0/s1. The van der Waals surface area contributed by atoms with Crippen LogP contribution in [-0.2, 0) is 0 Å². The predicted octanol–water partition coefficient (Wildman–Crippen LogP) is 3.46. The van der Waals surface area contributed by atoms with E-state index in [1.165, 1.54) is 44.3 Å². The molecule has 1 aliphatic heterocycles. The first-order valence-corrected chi connectivity index (χ1v) is 6.27. The summed E-state index contributed by atoms with van der Waals surface area (Å²) in [5.41, 5.74) is 1.44. The summed E-state index contributed by atoms with van der Waals surface area (Å²) < 4.78 is 0. The minimum Gasteiger partial charge on any atom is -0.368 e. The molecule has 0 spiro atoms. The second kappa shape index (κ2) is 3.88. The molecule has 0 aromatic heterocycles. The summed E-state index contributed by atoms with van der Waals surface area (Å²) in [6, 6.07) is 11.8. The lowest BCUT2D eigenvalue weighted by atomic mass is 9.85. The highest BCUT2D eigenvalue weighted by atomic mass is 15.2. The summed E-state index contributed by atoms with van der Waals surface area (Å²) in [6.45, 7) is 1.28. The lowest BCUT2D eigenvalue weighted by Gasteiger charge is -2.33. The lowest BCUT2D eigenvalue weighted by molar-refractivity contribution is 0.342. The minimum atomic E-state index is 0.848. The summed E-state index contributed by atoms with van der Waals surface area (Å²) >= 11 is 0. The van der Waals surface area contributed by atoms with Gasteiger partial charge < -0.3 is 4.90 Å². The molecule has 1 saturated heterocycles. The van der Waals surface area contributed by atoms with Crippen LogP contribution in [0.4, 0.5) is 5.69 Å².